The van der Waals surface area contributed by atoms with E-state index in [4.69, 9.17) is 17.3 Å². The smallest absolute Gasteiger partial charge is 0.242 e. The Hall–Kier alpha value is -1.57. The van der Waals surface area contributed by atoms with Gasteiger partial charge in [-0.15, -0.1) is 0 Å². The molecular formula is C12H15ClN4O2S. The number of nitrogens with zero attached hydrogens (tertiary/aromatic N) is 2. The van der Waals surface area contributed by atoms with Crippen LogP contribution in [0.4, 0.5) is 5.69 Å². The molecule has 0 aliphatic heterocycles. The zero-order valence-electron chi connectivity index (χ0n) is 10.7. The van der Waals surface area contributed by atoms with E-state index in [0.717, 1.165) is 0 Å². The summed E-state index contributed by atoms with van der Waals surface area (Å²) in [5.41, 5.74) is 5.93. The third-order valence-electron chi connectivity index (χ3n) is 2.66. The Bertz CT molecular complexity index is 671. The lowest BCUT2D eigenvalue weighted by atomic mass is 10.3. The number of benzene rings is 1. The Balaban J connectivity index is 1.95. The number of hydrogen-bond acceptors (Lipinski definition) is 4. The molecule has 6 nitrogen and oxygen atoms in total. The van der Waals surface area contributed by atoms with Crippen LogP contribution in [0.2, 0.25) is 5.02 Å². The van der Waals surface area contributed by atoms with E-state index < -0.39 is 10.0 Å². The van der Waals surface area contributed by atoms with Crippen molar-refractivity contribution >= 4 is 27.3 Å². The van der Waals surface area contributed by atoms with Crippen molar-refractivity contribution in [3.8, 4) is 0 Å². The molecule has 1 heterocycles. The first-order valence-electron chi connectivity index (χ1n) is 6.01. The molecule has 0 unspecified atom stereocenters. The molecule has 0 atom stereocenters. The lowest BCUT2D eigenvalue weighted by molar-refractivity contribution is 0.553. The number of nitrogen functional groups attached to an aromatic ring is 1. The van der Waals surface area contributed by atoms with Crippen LogP contribution in [0.25, 0.3) is 0 Å². The van der Waals surface area contributed by atoms with Gasteiger partial charge in [0.05, 0.1) is 5.02 Å². The molecule has 0 amide bonds. The van der Waals surface area contributed by atoms with Crippen LogP contribution in [0.1, 0.15) is 6.42 Å². The van der Waals surface area contributed by atoms with E-state index in [9.17, 15) is 8.42 Å². The summed E-state index contributed by atoms with van der Waals surface area (Å²) >= 11 is 5.89. The number of halogens is 1. The van der Waals surface area contributed by atoms with Crippen LogP contribution in [0, 0.1) is 0 Å². The summed E-state index contributed by atoms with van der Waals surface area (Å²) < 4.78 is 28.4. The van der Waals surface area contributed by atoms with Crippen LogP contribution in [-0.2, 0) is 16.6 Å². The molecule has 0 saturated carbocycles. The zero-order chi connectivity index (χ0) is 14.6. The van der Waals surface area contributed by atoms with Gasteiger partial charge in [0.2, 0.25) is 10.0 Å². The van der Waals surface area contributed by atoms with Crippen molar-refractivity contribution < 1.29 is 8.42 Å². The van der Waals surface area contributed by atoms with Crippen LogP contribution >= 0.6 is 11.6 Å². The number of rotatable bonds is 6. The molecule has 1 aromatic heterocycles. The Labute approximate surface area is 122 Å². The minimum absolute atomic E-state index is 0.00161. The van der Waals surface area contributed by atoms with Gasteiger partial charge in [-0.1, -0.05) is 11.6 Å². The molecule has 2 aromatic rings. The molecule has 20 heavy (non-hydrogen) atoms. The van der Waals surface area contributed by atoms with E-state index in [0.29, 0.717) is 25.2 Å². The van der Waals surface area contributed by atoms with E-state index in [2.05, 4.69) is 9.82 Å². The molecule has 0 aliphatic rings. The molecule has 3 N–H and O–H groups in total. The van der Waals surface area contributed by atoms with Crippen molar-refractivity contribution in [2.75, 3.05) is 12.3 Å². The Morgan fingerprint density at radius 3 is 2.90 bits per heavy atom. The van der Waals surface area contributed by atoms with Crippen LogP contribution in [0.3, 0.4) is 0 Å². The van der Waals surface area contributed by atoms with Crippen molar-refractivity contribution in [3.05, 3.63) is 41.7 Å². The van der Waals surface area contributed by atoms with Gasteiger partial charge >= 0.3 is 0 Å². The van der Waals surface area contributed by atoms with Crippen LogP contribution in [-0.4, -0.2) is 24.7 Å². The lowest BCUT2D eigenvalue weighted by Gasteiger charge is -2.09. The van der Waals surface area contributed by atoms with Crippen molar-refractivity contribution in [3.63, 3.8) is 0 Å². The van der Waals surface area contributed by atoms with Gasteiger partial charge in [0.25, 0.3) is 0 Å². The monoisotopic (exact) mass is 314 g/mol. The highest BCUT2D eigenvalue weighted by molar-refractivity contribution is 7.89. The molecule has 0 aliphatic carbocycles. The average molecular weight is 315 g/mol. The zero-order valence-corrected chi connectivity index (χ0v) is 12.2. The largest absolute Gasteiger partial charge is 0.399 e. The minimum Gasteiger partial charge on any atom is -0.399 e. The van der Waals surface area contributed by atoms with E-state index in [1.165, 1.54) is 12.1 Å². The number of aryl methyl sites for hydroxylation is 1. The van der Waals surface area contributed by atoms with Gasteiger partial charge < -0.3 is 5.73 Å². The van der Waals surface area contributed by atoms with Crippen LogP contribution in [0.5, 0.6) is 0 Å². The van der Waals surface area contributed by atoms with Gasteiger partial charge in [-0.25, -0.2) is 13.1 Å². The van der Waals surface area contributed by atoms with Gasteiger partial charge in [0.15, 0.2) is 0 Å². The summed E-state index contributed by atoms with van der Waals surface area (Å²) in [6, 6.07) is 6.18. The molecule has 0 radical (unpaired) electrons. The Morgan fingerprint density at radius 1 is 1.40 bits per heavy atom. The summed E-state index contributed by atoms with van der Waals surface area (Å²) in [5, 5.41) is 4.19. The predicted molar refractivity (Wildman–Crippen MR) is 77.9 cm³/mol. The number of hydrogen-bond donors (Lipinski definition) is 2. The summed E-state index contributed by atoms with van der Waals surface area (Å²) in [5.74, 6) is 0. The molecule has 2 rings (SSSR count). The third kappa shape index (κ3) is 3.72. The highest BCUT2D eigenvalue weighted by Crippen LogP contribution is 2.23. The molecule has 8 heteroatoms. The first kappa shape index (κ1) is 14.8. The number of sulfonamides is 1. The maximum Gasteiger partial charge on any atom is 0.242 e. The second-order valence-corrected chi connectivity index (χ2v) is 6.35. The topological polar surface area (TPSA) is 90.0 Å². The summed E-state index contributed by atoms with van der Waals surface area (Å²) in [7, 11) is -3.65. The normalized spacial score (nSPS) is 11.7. The molecular weight excluding hydrogens is 300 g/mol. The quantitative estimate of drug-likeness (QED) is 0.624. The standard InChI is InChI=1S/C12H15ClN4O2S/c13-11-4-3-10(14)9-12(11)20(18,19)16-6-2-8-17-7-1-5-15-17/h1,3-5,7,9,16H,2,6,8,14H2. The highest BCUT2D eigenvalue weighted by atomic mass is 35.5. The fourth-order valence-corrected chi connectivity index (χ4v) is 3.29. The van der Waals surface area contributed by atoms with Gasteiger partial charge in [0.1, 0.15) is 4.90 Å². The van der Waals surface area contributed by atoms with Crippen LogP contribution < -0.4 is 10.5 Å². The van der Waals surface area contributed by atoms with E-state index in [1.807, 2.05) is 12.3 Å². The van der Waals surface area contributed by atoms with E-state index in [-0.39, 0.29) is 9.92 Å². The van der Waals surface area contributed by atoms with Crippen LogP contribution in [0.15, 0.2) is 41.6 Å². The molecule has 108 valence electrons. The van der Waals surface area contributed by atoms with E-state index >= 15 is 0 Å². The molecule has 0 saturated heterocycles. The summed E-state index contributed by atoms with van der Waals surface area (Å²) in [6.07, 6.45) is 4.13. The number of nitrogens with one attached hydrogen (secondary N) is 1. The van der Waals surface area contributed by atoms with Gasteiger partial charge in [-0.05, 0) is 30.7 Å². The van der Waals surface area contributed by atoms with Gasteiger partial charge in [-0.2, -0.15) is 5.10 Å². The van der Waals surface area contributed by atoms with Crippen molar-refractivity contribution in [2.24, 2.45) is 0 Å². The predicted octanol–water partition coefficient (Wildman–Crippen LogP) is 1.49. The first-order chi connectivity index (χ1) is 9.49. The number of aromatic nitrogens is 2. The first-order valence-corrected chi connectivity index (χ1v) is 7.87. The van der Waals surface area contributed by atoms with Crippen molar-refractivity contribution in [2.45, 2.75) is 17.9 Å². The second kappa shape index (κ2) is 6.25. The minimum atomic E-state index is -3.65. The molecule has 1 aromatic carbocycles. The van der Waals surface area contributed by atoms with Gasteiger partial charge in [0, 0.05) is 31.2 Å². The maximum absolute atomic E-state index is 12.1. The SMILES string of the molecule is Nc1ccc(Cl)c(S(=O)(=O)NCCCn2cccn2)c1. The lowest BCUT2D eigenvalue weighted by Crippen LogP contribution is -2.26. The third-order valence-corrected chi connectivity index (χ3v) is 4.60. The Morgan fingerprint density at radius 2 is 2.20 bits per heavy atom. The van der Waals surface area contributed by atoms with Gasteiger partial charge in [-0.3, -0.25) is 4.68 Å². The van der Waals surface area contributed by atoms with Crippen molar-refractivity contribution in [1.29, 1.82) is 0 Å². The summed E-state index contributed by atoms with van der Waals surface area (Å²) in [4.78, 5) is -0.00161. The maximum atomic E-state index is 12.1. The fourth-order valence-electron chi connectivity index (χ4n) is 1.68. The molecule has 0 bridgehead atoms. The molecule has 0 fully saturated rings. The number of anilines is 1. The Kier molecular flexibility index (Phi) is 4.64. The summed E-state index contributed by atoms with van der Waals surface area (Å²) in [6.45, 7) is 0.938. The van der Waals surface area contributed by atoms with E-state index in [1.54, 1.807) is 16.9 Å². The molecule has 0 spiro atoms. The average Bonchev–Trinajstić information content (AvgIpc) is 2.90. The second-order valence-electron chi connectivity index (χ2n) is 4.21. The highest BCUT2D eigenvalue weighted by Gasteiger charge is 2.17. The number of nitrogens with two attached hydrogens (primary N) is 1. The fraction of sp³-hybridized carbons (Fsp3) is 0.250. The van der Waals surface area contributed by atoms with Crippen molar-refractivity contribution in [1.82, 2.24) is 14.5 Å².